The molecule has 0 bridgehead atoms. The topological polar surface area (TPSA) is 66.3 Å². The van der Waals surface area contributed by atoms with Crippen LogP contribution in [-0.2, 0) is 15.6 Å². The summed E-state index contributed by atoms with van der Waals surface area (Å²) in [6.07, 6.45) is 0.641. The van der Waals surface area contributed by atoms with Gasteiger partial charge in [-0.2, -0.15) is 0 Å². The standard InChI is InChI=1S/C18H29N3O2/c1-16(2,3)12-10-13(20-14(19-12)17(4,5)6)21-9-8-18(7,11-21)15(22)23/h10H,8-9,11H2,1-7H3,(H,22,23). The summed E-state index contributed by atoms with van der Waals surface area (Å²) in [5.41, 5.74) is 0.0741. The highest BCUT2D eigenvalue weighted by atomic mass is 16.4. The van der Waals surface area contributed by atoms with E-state index in [1.165, 1.54) is 0 Å². The molecule has 1 unspecified atom stereocenters. The van der Waals surface area contributed by atoms with E-state index >= 15 is 0 Å². The fraction of sp³-hybridized carbons (Fsp3) is 0.722. The second-order valence-corrected chi connectivity index (χ2v) is 8.97. The van der Waals surface area contributed by atoms with Gasteiger partial charge in [0.25, 0.3) is 0 Å². The Morgan fingerprint density at radius 2 is 1.78 bits per heavy atom. The van der Waals surface area contributed by atoms with Gasteiger partial charge in [0.05, 0.1) is 11.1 Å². The van der Waals surface area contributed by atoms with Gasteiger partial charge in [-0.25, -0.2) is 9.97 Å². The molecule has 0 aliphatic carbocycles. The van der Waals surface area contributed by atoms with Gasteiger partial charge < -0.3 is 10.0 Å². The van der Waals surface area contributed by atoms with E-state index in [2.05, 4.69) is 46.4 Å². The van der Waals surface area contributed by atoms with E-state index in [9.17, 15) is 9.90 Å². The third kappa shape index (κ3) is 3.65. The highest BCUT2D eigenvalue weighted by Crippen LogP contribution is 2.35. The van der Waals surface area contributed by atoms with Crippen LogP contribution in [0.1, 0.15) is 66.4 Å². The van der Waals surface area contributed by atoms with Crippen molar-refractivity contribution in [2.45, 2.75) is 65.7 Å². The molecule has 1 saturated heterocycles. The molecule has 0 spiro atoms. The molecular weight excluding hydrogens is 290 g/mol. The highest BCUT2D eigenvalue weighted by molar-refractivity contribution is 5.76. The lowest BCUT2D eigenvalue weighted by Gasteiger charge is -2.27. The average molecular weight is 319 g/mol. The maximum absolute atomic E-state index is 11.5. The predicted octanol–water partition coefficient (Wildman–Crippen LogP) is 3.37. The van der Waals surface area contributed by atoms with Crippen molar-refractivity contribution in [2.24, 2.45) is 5.41 Å². The molecule has 1 fully saturated rings. The van der Waals surface area contributed by atoms with Gasteiger partial charge in [-0.05, 0) is 13.3 Å². The van der Waals surface area contributed by atoms with Crippen LogP contribution in [0.5, 0.6) is 0 Å². The summed E-state index contributed by atoms with van der Waals surface area (Å²) in [5, 5.41) is 9.45. The summed E-state index contributed by atoms with van der Waals surface area (Å²) in [6.45, 7) is 15.7. The van der Waals surface area contributed by atoms with Gasteiger partial charge in [0.15, 0.2) is 0 Å². The number of nitrogens with zero attached hydrogens (tertiary/aromatic N) is 3. The van der Waals surface area contributed by atoms with Crippen molar-refractivity contribution in [3.63, 3.8) is 0 Å². The van der Waals surface area contributed by atoms with Crippen molar-refractivity contribution >= 4 is 11.8 Å². The minimum atomic E-state index is -0.735. The quantitative estimate of drug-likeness (QED) is 0.905. The van der Waals surface area contributed by atoms with E-state index in [-0.39, 0.29) is 10.8 Å². The molecule has 1 atom stereocenters. The third-order valence-corrected chi connectivity index (χ3v) is 4.47. The summed E-state index contributed by atoms with van der Waals surface area (Å²) in [4.78, 5) is 23.1. The van der Waals surface area contributed by atoms with Gasteiger partial charge in [-0.1, -0.05) is 41.5 Å². The zero-order valence-electron chi connectivity index (χ0n) is 15.4. The lowest BCUT2D eigenvalue weighted by molar-refractivity contribution is -0.146. The second-order valence-electron chi connectivity index (χ2n) is 8.97. The van der Waals surface area contributed by atoms with Crippen LogP contribution in [0.15, 0.2) is 6.07 Å². The first-order chi connectivity index (χ1) is 10.3. The van der Waals surface area contributed by atoms with Crippen molar-refractivity contribution < 1.29 is 9.90 Å². The summed E-state index contributed by atoms with van der Waals surface area (Å²) < 4.78 is 0. The minimum Gasteiger partial charge on any atom is -0.481 e. The molecule has 1 N–H and O–H groups in total. The molecule has 1 aliphatic heterocycles. The first-order valence-electron chi connectivity index (χ1n) is 8.21. The summed E-state index contributed by atoms with van der Waals surface area (Å²) >= 11 is 0. The van der Waals surface area contributed by atoms with Gasteiger partial charge in [-0.3, -0.25) is 4.79 Å². The Labute approximate surface area is 139 Å². The number of carbonyl (C=O) groups is 1. The number of carboxylic acids is 1. The Balaban J connectivity index is 2.45. The van der Waals surface area contributed by atoms with Crippen molar-refractivity contribution in [2.75, 3.05) is 18.0 Å². The van der Waals surface area contributed by atoms with Crippen molar-refractivity contribution in [1.29, 1.82) is 0 Å². The van der Waals surface area contributed by atoms with Gasteiger partial charge in [0.1, 0.15) is 11.6 Å². The average Bonchev–Trinajstić information content (AvgIpc) is 2.80. The molecule has 128 valence electrons. The maximum Gasteiger partial charge on any atom is 0.311 e. The normalized spacial score (nSPS) is 22.5. The molecule has 2 rings (SSSR count). The summed E-state index contributed by atoms with van der Waals surface area (Å²) in [7, 11) is 0. The fourth-order valence-electron chi connectivity index (χ4n) is 2.65. The first-order valence-corrected chi connectivity index (χ1v) is 8.21. The van der Waals surface area contributed by atoms with Crippen molar-refractivity contribution in [1.82, 2.24) is 9.97 Å². The van der Waals surface area contributed by atoms with E-state index in [1.807, 2.05) is 13.0 Å². The number of rotatable bonds is 2. The predicted molar refractivity (Wildman–Crippen MR) is 92.0 cm³/mol. The van der Waals surface area contributed by atoms with Crippen LogP contribution in [0.25, 0.3) is 0 Å². The molecule has 5 nitrogen and oxygen atoms in total. The SMILES string of the molecule is CC1(C(=O)O)CCN(c2cc(C(C)(C)C)nc(C(C)(C)C)n2)C1. The third-order valence-electron chi connectivity index (χ3n) is 4.47. The number of hydrogen-bond donors (Lipinski definition) is 1. The number of aromatic nitrogens is 2. The Morgan fingerprint density at radius 1 is 1.17 bits per heavy atom. The highest BCUT2D eigenvalue weighted by Gasteiger charge is 2.41. The fourth-order valence-corrected chi connectivity index (χ4v) is 2.65. The van der Waals surface area contributed by atoms with E-state index in [0.29, 0.717) is 19.5 Å². The van der Waals surface area contributed by atoms with E-state index in [4.69, 9.17) is 9.97 Å². The van der Waals surface area contributed by atoms with Gasteiger partial charge >= 0.3 is 5.97 Å². The van der Waals surface area contributed by atoms with Crippen LogP contribution in [0.2, 0.25) is 0 Å². The zero-order chi connectivity index (χ0) is 17.6. The molecular formula is C18H29N3O2. The zero-order valence-corrected chi connectivity index (χ0v) is 15.4. The molecule has 0 amide bonds. The lowest BCUT2D eigenvalue weighted by atomic mass is 9.90. The maximum atomic E-state index is 11.5. The molecule has 0 saturated carbocycles. The van der Waals surface area contributed by atoms with Crippen LogP contribution in [0, 0.1) is 5.41 Å². The molecule has 1 aromatic heterocycles. The van der Waals surface area contributed by atoms with Crippen LogP contribution in [0.3, 0.4) is 0 Å². The largest absolute Gasteiger partial charge is 0.481 e. The smallest absolute Gasteiger partial charge is 0.311 e. The molecule has 1 aromatic rings. The summed E-state index contributed by atoms with van der Waals surface area (Å²) in [5.74, 6) is 0.921. The number of anilines is 1. The number of carboxylic acid groups (broad SMARTS) is 1. The molecule has 1 aliphatic rings. The number of aliphatic carboxylic acids is 1. The van der Waals surface area contributed by atoms with Crippen molar-refractivity contribution in [3.05, 3.63) is 17.6 Å². The van der Waals surface area contributed by atoms with Gasteiger partial charge in [0.2, 0.25) is 0 Å². The van der Waals surface area contributed by atoms with Crippen LogP contribution in [-0.4, -0.2) is 34.1 Å². The van der Waals surface area contributed by atoms with Gasteiger partial charge in [0, 0.05) is 30.0 Å². The minimum absolute atomic E-state index is 0.0759. The van der Waals surface area contributed by atoms with E-state index in [1.54, 1.807) is 0 Å². The van der Waals surface area contributed by atoms with Crippen LogP contribution in [0.4, 0.5) is 5.82 Å². The second kappa shape index (κ2) is 5.46. The number of hydrogen-bond acceptors (Lipinski definition) is 4. The summed E-state index contributed by atoms with van der Waals surface area (Å²) in [6, 6.07) is 2.02. The molecule has 5 heteroatoms. The molecule has 2 heterocycles. The van der Waals surface area contributed by atoms with Crippen molar-refractivity contribution in [3.8, 4) is 0 Å². The van der Waals surface area contributed by atoms with Gasteiger partial charge in [-0.15, -0.1) is 0 Å². The Kier molecular flexibility index (Phi) is 4.20. The van der Waals surface area contributed by atoms with Crippen LogP contribution >= 0.6 is 0 Å². The van der Waals surface area contributed by atoms with Crippen LogP contribution < -0.4 is 4.90 Å². The molecule has 23 heavy (non-hydrogen) atoms. The Bertz CT molecular complexity index is 581. The first kappa shape index (κ1) is 17.7. The van der Waals surface area contributed by atoms with E-state index in [0.717, 1.165) is 17.3 Å². The molecule has 0 aromatic carbocycles. The Hall–Kier alpha value is -1.65. The van der Waals surface area contributed by atoms with E-state index < -0.39 is 11.4 Å². The molecule has 0 radical (unpaired) electrons. The Morgan fingerprint density at radius 3 is 2.22 bits per heavy atom. The lowest BCUT2D eigenvalue weighted by Crippen LogP contribution is -2.33. The monoisotopic (exact) mass is 319 g/mol.